The van der Waals surface area contributed by atoms with E-state index in [0.29, 0.717) is 24.2 Å². The minimum absolute atomic E-state index is 0.0382. The molecule has 1 saturated carbocycles. The number of carbonyl (C=O) groups excluding carboxylic acids is 2. The van der Waals surface area contributed by atoms with Crippen LogP contribution < -0.4 is 22.0 Å². The van der Waals surface area contributed by atoms with Crippen molar-refractivity contribution >= 4 is 17.8 Å². The number of hydrogen-bond acceptors (Lipinski definition) is 6. The highest BCUT2D eigenvalue weighted by Gasteiger charge is 2.40. The zero-order chi connectivity index (χ0) is 22.3. The number of amides is 2. The zero-order valence-electron chi connectivity index (χ0n) is 17.6. The second kappa shape index (κ2) is 10.4. The SMILES string of the molecule is CC(=O)O.Cc1cc(C2CCCNC2)oc(=O)c1C(=O)NC1(C(N)=O)CCCCC1. The lowest BCUT2D eigenvalue weighted by atomic mass is 9.81. The van der Waals surface area contributed by atoms with Gasteiger partial charge < -0.3 is 25.9 Å². The van der Waals surface area contributed by atoms with E-state index < -0.39 is 28.9 Å². The maximum Gasteiger partial charge on any atom is 0.349 e. The summed E-state index contributed by atoms with van der Waals surface area (Å²) in [6.45, 7) is 4.54. The first-order chi connectivity index (χ1) is 14.2. The molecule has 1 aromatic rings. The first-order valence-electron chi connectivity index (χ1n) is 10.3. The van der Waals surface area contributed by atoms with Gasteiger partial charge in [0.15, 0.2) is 0 Å². The summed E-state index contributed by atoms with van der Waals surface area (Å²) < 4.78 is 5.46. The van der Waals surface area contributed by atoms with Crippen LogP contribution in [0.5, 0.6) is 0 Å². The highest BCUT2D eigenvalue weighted by Crippen LogP contribution is 2.29. The van der Waals surface area contributed by atoms with E-state index in [1.165, 1.54) is 0 Å². The number of carboxylic acid groups (broad SMARTS) is 1. The average Bonchev–Trinajstić information content (AvgIpc) is 2.68. The van der Waals surface area contributed by atoms with E-state index in [2.05, 4.69) is 10.6 Å². The van der Waals surface area contributed by atoms with Gasteiger partial charge in [0.1, 0.15) is 16.9 Å². The van der Waals surface area contributed by atoms with Crippen LogP contribution in [0.4, 0.5) is 0 Å². The van der Waals surface area contributed by atoms with Gasteiger partial charge in [-0.1, -0.05) is 19.3 Å². The maximum atomic E-state index is 12.8. The Kier molecular flexibility index (Phi) is 8.16. The van der Waals surface area contributed by atoms with Crippen LogP contribution in [0.25, 0.3) is 0 Å². The summed E-state index contributed by atoms with van der Waals surface area (Å²) in [5.41, 5.74) is 4.37. The fourth-order valence-electron chi connectivity index (χ4n) is 4.07. The molecule has 9 heteroatoms. The van der Waals surface area contributed by atoms with Gasteiger partial charge in [-0.05, 0) is 50.8 Å². The molecule has 2 amide bonds. The average molecular weight is 421 g/mol. The number of carboxylic acids is 1. The Hall–Kier alpha value is -2.68. The Morgan fingerprint density at radius 3 is 2.37 bits per heavy atom. The first kappa shape index (κ1) is 23.6. The lowest BCUT2D eigenvalue weighted by Gasteiger charge is -2.35. The lowest BCUT2D eigenvalue weighted by molar-refractivity contribution is -0.134. The van der Waals surface area contributed by atoms with Gasteiger partial charge in [-0.2, -0.15) is 0 Å². The second-order valence-electron chi connectivity index (χ2n) is 8.02. The minimum Gasteiger partial charge on any atom is -0.481 e. The van der Waals surface area contributed by atoms with Gasteiger partial charge >= 0.3 is 5.63 Å². The summed E-state index contributed by atoms with van der Waals surface area (Å²) in [5, 5.41) is 13.4. The van der Waals surface area contributed by atoms with Crippen molar-refractivity contribution < 1.29 is 23.9 Å². The van der Waals surface area contributed by atoms with Gasteiger partial charge in [0.05, 0.1) is 0 Å². The number of rotatable bonds is 4. The molecular formula is C21H31N3O6. The van der Waals surface area contributed by atoms with E-state index in [-0.39, 0.29) is 11.5 Å². The van der Waals surface area contributed by atoms with Gasteiger partial charge in [-0.3, -0.25) is 14.4 Å². The highest BCUT2D eigenvalue weighted by atomic mass is 16.4. The van der Waals surface area contributed by atoms with Crippen molar-refractivity contribution in [3.05, 3.63) is 33.4 Å². The molecule has 0 radical (unpaired) electrons. The number of nitrogens with one attached hydrogen (secondary N) is 2. The van der Waals surface area contributed by atoms with Gasteiger partial charge in [0, 0.05) is 19.4 Å². The van der Waals surface area contributed by atoms with Gasteiger partial charge in [-0.15, -0.1) is 0 Å². The van der Waals surface area contributed by atoms with Crippen LogP contribution >= 0.6 is 0 Å². The predicted octanol–water partition coefficient (Wildman–Crippen LogP) is 1.42. The fourth-order valence-corrected chi connectivity index (χ4v) is 4.07. The molecule has 1 aliphatic heterocycles. The smallest absolute Gasteiger partial charge is 0.349 e. The van der Waals surface area contributed by atoms with E-state index in [1.807, 2.05) is 0 Å². The summed E-state index contributed by atoms with van der Waals surface area (Å²) in [5.74, 6) is -1.20. The molecule has 1 aliphatic carbocycles. The van der Waals surface area contributed by atoms with Gasteiger partial charge in [0.2, 0.25) is 5.91 Å². The fraction of sp³-hybridized carbons (Fsp3) is 0.619. The molecule has 2 heterocycles. The number of primary amides is 1. The van der Waals surface area contributed by atoms with E-state index in [0.717, 1.165) is 52.1 Å². The number of aryl methyl sites for hydroxylation is 1. The molecule has 3 rings (SSSR count). The van der Waals surface area contributed by atoms with Crippen molar-refractivity contribution in [3.63, 3.8) is 0 Å². The van der Waals surface area contributed by atoms with Crippen molar-refractivity contribution in [3.8, 4) is 0 Å². The zero-order valence-corrected chi connectivity index (χ0v) is 17.6. The highest BCUT2D eigenvalue weighted by molar-refractivity contribution is 5.99. The number of piperidine rings is 1. The normalized spacial score (nSPS) is 20.4. The Bertz CT molecular complexity index is 832. The largest absolute Gasteiger partial charge is 0.481 e. The molecule has 2 aliphatic rings. The molecule has 1 unspecified atom stereocenters. The van der Waals surface area contributed by atoms with Crippen LogP contribution in [-0.4, -0.2) is 41.5 Å². The molecule has 2 fully saturated rings. The topological polar surface area (TPSA) is 152 Å². The van der Waals surface area contributed by atoms with E-state index in [4.69, 9.17) is 20.1 Å². The van der Waals surface area contributed by atoms with Crippen LogP contribution in [-0.2, 0) is 9.59 Å². The van der Waals surface area contributed by atoms with Crippen molar-refractivity contribution in [2.45, 2.75) is 70.3 Å². The maximum absolute atomic E-state index is 12.8. The molecule has 0 aromatic carbocycles. The van der Waals surface area contributed by atoms with Crippen LogP contribution in [0.1, 0.15) is 79.5 Å². The summed E-state index contributed by atoms with van der Waals surface area (Å²) in [6, 6.07) is 1.77. The van der Waals surface area contributed by atoms with Crippen molar-refractivity contribution in [2.75, 3.05) is 13.1 Å². The summed E-state index contributed by atoms with van der Waals surface area (Å²) in [4.78, 5) is 46.2. The third-order valence-electron chi connectivity index (χ3n) is 5.63. The van der Waals surface area contributed by atoms with Gasteiger partial charge in [0.25, 0.3) is 11.9 Å². The van der Waals surface area contributed by atoms with E-state index in [1.54, 1.807) is 13.0 Å². The Morgan fingerprint density at radius 1 is 1.23 bits per heavy atom. The number of hydrogen-bond donors (Lipinski definition) is 4. The minimum atomic E-state index is -1.07. The monoisotopic (exact) mass is 421 g/mol. The number of carbonyl (C=O) groups is 3. The van der Waals surface area contributed by atoms with Crippen LogP contribution in [0.15, 0.2) is 15.3 Å². The molecule has 9 nitrogen and oxygen atoms in total. The summed E-state index contributed by atoms with van der Waals surface area (Å²) >= 11 is 0. The molecule has 0 bridgehead atoms. The quantitative estimate of drug-likeness (QED) is 0.574. The Labute approximate surface area is 175 Å². The van der Waals surface area contributed by atoms with Crippen LogP contribution in [0.3, 0.4) is 0 Å². The van der Waals surface area contributed by atoms with Gasteiger partial charge in [-0.25, -0.2) is 4.79 Å². The third-order valence-corrected chi connectivity index (χ3v) is 5.63. The molecule has 166 valence electrons. The molecule has 5 N–H and O–H groups in total. The number of aliphatic carboxylic acids is 1. The standard InChI is InChI=1S/C19H27N3O4.C2H4O2/c1-12-10-14(13-6-5-9-21-11-13)26-17(24)15(12)16(23)22-19(18(20)25)7-3-2-4-8-19;1-2(3)4/h10,13,21H,2-9,11H2,1H3,(H2,20,25)(H,22,23);1H3,(H,3,4). The summed E-state index contributed by atoms with van der Waals surface area (Å²) in [6.07, 6.45) is 5.64. The van der Waals surface area contributed by atoms with Crippen LogP contribution in [0, 0.1) is 6.92 Å². The Balaban J connectivity index is 0.000000735. The summed E-state index contributed by atoms with van der Waals surface area (Å²) in [7, 11) is 0. The van der Waals surface area contributed by atoms with E-state index >= 15 is 0 Å². The van der Waals surface area contributed by atoms with Crippen molar-refractivity contribution in [2.24, 2.45) is 5.73 Å². The molecule has 0 spiro atoms. The number of nitrogens with two attached hydrogens (primary N) is 1. The Morgan fingerprint density at radius 2 is 1.87 bits per heavy atom. The third kappa shape index (κ3) is 5.91. The van der Waals surface area contributed by atoms with Crippen molar-refractivity contribution in [1.29, 1.82) is 0 Å². The predicted molar refractivity (Wildman–Crippen MR) is 110 cm³/mol. The van der Waals surface area contributed by atoms with Crippen LogP contribution in [0.2, 0.25) is 0 Å². The molecule has 1 atom stereocenters. The van der Waals surface area contributed by atoms with E-state index in [9.17, 15) is 14.4 Å². The second-order valence-corrected chi connectivity index (χ2v) is 8.02. The van der Waals surface area contributed by atoms with Crippen molar-refractivity contribution in [1.82, 2.24) is 10.6 Å². The first-order valence-corrected chi connectivity index (χ1v) is 10.3. The molecular weight excluding hydrogens is 390 g/mol. The molecule has 1 saturated heterocycles. The molecule has 1 aromatic heterocycles. The lowest BCUT2D eigenvalue weighted by Crippen LogP contribution is -2.59. The molecule has 30 heavy (non-hydrogen) atoms.